The minimum absolute atomic E-state index is 0.0382. The van der Waals surface area contributed by atoms with Crippen LogP contribution in [0.3, 0.4) is 0 Å². The molecule has 2 heteroatoms. The number of rotatable bonds is 1. The van der Waals surface area contributed by atoms with Gasteiger partial charge in [-0.1, -0.05) is 20.3 Å². The molecule has 2 aliphatic rings. The van der Waals surface area contributed by atoms with Gasteiger partial charge < -0.3 is 4.74 Å². The van der Waals surface area contributed by atoms with Crippen molar-refractivity contribution < 1.29 is 9.53 Å². The van der Waals surface area contributed by atoms with Gasteiger partial charge in [-0.15, -0.1) is 0 Å². The van der Waals surface area contributed by atoms with Crippen molar-refractivity contribution in [1.82, 2.24) is 0 Å². The zero-order valence-electron chi connectivity index (χ0n) is 8.51. The molecule has 0 aromatic carbocycles. The van der Waals surface area contributed by atoms with Crippen LogP contribution in [0.4, 0.5) is 0 Å². The second-order valence-corrected chi connectivity index (χ2v) is 4.77. The Balaban J connectivity index is 2.10. The highest BCUT2D eigenvalue weighted by molar-refractivity contribution is 5.80. The Morgan fingerprint density at radius 2 is 1.92 bits per heavy atom. The summed E-state index contributed by atoms with van der Waals surface area (Å²) in [5.74, 6) is 0.670. The van der Waals surface area contributed by atoms with E-state index in [0.29, 0.717) is 5.92 Å². The van der Waals surface area contributed by atoms with Gasteiger partial charge in [-0.05, 0) is 31.6 Å². The molecule has 2 rings (SSSR count). The molecule has 1 saturated carbocycles. The van der Waals surface area contributed by atoms with Crippen molar-refractivity contribution in [3.05, 3.63) is 0 Å². The molecule has 2 fully saturated rings. The summed E-state index contributed by atoms with van der Waals surface area (Å²) in [6.45, 7) is 4.25. The number of esters is 1. The average Bonchev–Trinajstić information content (AvgIpc) is 2.03. The normalized spacial score (nSPS) is 31.6. The topological polar surface area (TPSA) is 26.3 Å². The summed E-state index contributed by atoms with van der Waals surface area (Å²) < 4.78 is 5.40. The zero-order chi connectivity index (χ0) is 9.47. The summed E-state index contributed by atoms with van der Waals surface area (Å²) in [5.41, 5.74) is -0.0382. The Kier molecular flexibility index (Phi) is 2.09. The molecule has 74 valence electrons. The lowest BCUT2D eigenvalue weighted by atomic mass is 9.67. The predicted octanol–water partition coefficient (Wildman–Crippen LogP) is 2.52. The molecule has 1 aliphatic heterocycles. The van der Waals surface area contributed by atoms with Crippen LogP contribution in [0, 0.1) is 11.8 Å². The standard InChI is InChI=1S/C11H18O2/c1-8(2)9-10(12)13-11(9)6-4-3-5-7-11/h8-9H,3-7H2,1-2H3. The largest absolute Gasteiger partial charge is 0.458 e. The molecule has 0 aromatic rings. The monoisotopic (exact) mass is 182 g/mol. The predicted molar refractivity (Wildman–Crippen MR) is 50.2 cm³/mol. The van der Waals surface area contributed by atoms with Crippen molar-refractivity contribution >= 4 is 5.97 Å². The van der Waals surface area contributed by atoms with Crippen molar-refractivity contribution in [1.29, 1.82) is 0 Å². The Hall–Kier alpha value is -0.530. The van der Waals surface area contributed by atoms with Crippen molar-refractivity contribution in [2.75, 3.05) is 0 Å². The molecular formula is C11H18O2. The molecule has 0 bridgehead atoms. The number of carbonyl (C=O) groups excluding carboxylic acids is 1. The summed E-state index contributed by atoms with van der Waals surface area (Å²) in [6.07, 6.45) is 5.97. The maximum Gasteiger partial charge on any atom is 0.313 e. The van der Waals surface area contributed by atoms with Crippen LogP contribution in [0.15, 0.2) is 0 Å². The van der Waals surface area contributed by atoms with E-state index >= 15 is 0 Å². The number of carbonyl (C=O) groups is 1. The van der Waals surface area contributed by atoms with E-state index < -0.39 is 0 Å². The summed E-state index contributed by atoms with van der Waals surface area (Å²) >= 11 is 0. The first-order valence-corrected chi connectivity index (χ1v) is 5.38. The van der Waals surface area contributed by atoms with Gasteiger partial charge >= 0.3 is 5.97 Å². The fraction of sp³-hybridized carbons (Fsp3) is 0.909. The quantitative estimate of drug-likeness (QED) is 0.582. The van der Waals surface area contributed by atoms with Gasteiger partial charge in [0.15, 0.2) is 0 Å². The highest BCUT2D eigenvalue weighted by atomic mass is 16.6. The lowest BCUT2D eigenvalue weighted by Gasteiger charge is -2.51. The molecule has 1 unspecified atom stereocenters. The SMILES string of the molecule is CC(C)C1C(=O)OC12CCCCC2. The van der Waals surface area contributed by atoms with Crippen LogP contribution < -0.4 is 0 Å². The highest BCUT2D eigenvalue weighted by Crippen LogP contribution is 2.48. The molecule has 1 heterocycles. The third kappa shape index (κ3) is 1.27. The molecule has 0 N–H and O–H groups in total. The number of hydrogen-bond acceptors (Lipinski definition) is 2. The van der Waals surface area contributed by atoms with E-state index in [1.165, 1.54) is 19.3 Å². The zero-order valence-corrected chi connectivity index (χ0v) is 8.51. The van der Waals surface area contributed by atoms with Gasteiger partial charge in [0.05, 0.1) is 5.92 Å². The van der Waals surface area contributed by atoms with Crippen LogP contribution in [0.1, 0.15) is 46.0 Å². The van der Waals surface area contributed by atoms with Gasteiger partial charge in [0.25, 0.3) is 0 Å². The third-order valence-corrected chi connectivity index (χ3v) is 3.49. The Morgan fingerprint density at radius 1 is 1.31 bits per heavy atom. The van der Waals surface area contributed by atoms with E-state index in [0.717, 1.165) is 12.8 Å². The van der Waals surface area contributed by atoms with Crippen LogP contribution in [0.5, 0.6) is 0 Å². The third-order valence-electron chi connectivity index (χ3n) is 3.49. The number of hydrogen-bond donors (Lipinski definition) is 0. The van der Waals surface area contributed by atoms with E-state index in [2.05, 4.69) is 13.8 Å². The maximum absolute atomic E-state index is 11.3. The lowest BCUT2D eigenvalue weighted by molar-refractivity contribution is -0.226. The average molecular weight is 182 g/mol. The minimum Gasteiger partial charge on any atom is -0.458 e. The van der Waals surface area contributed by atoms with Crippen LogP contribution in [-0.2, 0) is 9.53 Å². The molecule has 1 aliphatic carbocycles. The van der Waals surface area contributed by atoms with E-state index in [-0.39, 0.29) is 17.5 Å². The lowest BCUT2D eigenvalue weighted by Crippen LogP contribution is -2.60. The highest BCUT2D eigenvalue weighted by Gasteiger charge is 2.57. The van der Waals surface area contributed by atoms with Gasteiger partial charge in [-0.25, -0.2) is 0 Å². The van der Waals surface area contributed by atoms with Crippen LogP contribution >= 0.6 is 0 Å². The molecule has 13 heavy (non-hydrogen) atoms. The Morgan fingerprint density at radius 3 is 2.38 bits per heavy atom. The summed E-state index contributed by atoms with van der Waals surface area (Å²) in [4.78, 5) is 11.3. The molecule has 0 aromatic heterocycles. The van der Waals surface area contributed by atoms with Crippen molar-refractivity contribution in [2.45, 2.75) is 51.6 Å². The van der Waals surface area contributed by atoms with Gasteiger partial charge in [0.1, 0.15) is 5.60 Å². The Labute approximate surface area is 79.7 Å². The first-order valence-electron chi connectivity index (χ1n) is 5.38. The van der Waals surface area contributed by atoms with Crippen LogP contribution in [0.25, 0.3) is 0 Å². The van der Waals surface area contributed by atoms with Gasteiger partial charge in [-0.3, -0.25) is 4.79 Å². The smallest absolute Gasteiger partial charge is 0.313 e. The van der Waals surface area contributed by atoms with Crippen molar-refractivity contribution in [3.63, 3.8) is 0 Å². The first kappa shape index (κ1) is 9.04. The molecule has 1 saturated heterocycles. The second kappa shape index (κ2) is 3.00. The van der Waals surface area contributed by atoms with Gasteiger partial charge in [0.2, 0.25) is 0 Å². The van der Waals surface area contributed by atoms with Gasteiger partial charge in [-0.2, -0.15) is 0 Å². The number of ether oxygens (including phenoxy) is 1. The molecule has 2 nitrogen and oxygen atoms in total. The second-order valence-electron chi connectivity index (χ2n) is 4.77. The Bertz CT molecular complexity index is 214. The van der Waals surface area contributed by atoms with Crippen LogP contribution in [-0.4, -0.2) is 11.6 Å². The summed E-state index contributed by atoms with van der Waals surface area (Å²) in [6, 6.07) is 0. The van der Waals surface area contributed by atoms with E-state index in [4.69, 9.17) is 4.74 Å². The molecule has 0 amide bonds. The maximum atomic E-state index is 11.3. The fourth-order valence-corrected chi connectivity index (χ4v) is 2.93. The van der Waals surface area contributed by atoms with Crippen molar-refractivity contribution in [2.24, 2.45) is 11.8 Å². The molecule has 0 radical (unpaired) electrons. The van der Waals surface area contributed by atoms with Crippen LogP contribution in [0.2, 0.25) is 0 Å². The first-order chi connectivity index (χ1) is 6.16. The van der Waals surface area contributed by atoms with E-state index in [9.17, 15) is 4.79 Å². The van der Waals surface area contributed by atoms with Gasteiger partial charge in [0, 0.05) is 0 Å². The molecule has 1 spiro atoms. The summed E-state index contributed by atoms with van der Waals surface area (Å²) in [7, 11) is 0. The van der Waals surface area contributed by atoms with E-state index in [1.807, 2.05) is 0 Å². The van der Waals surface area contributed by atoms with E-state index in [1.54, 1.807) is 0 Å². The minimum atomic E-state index is -0.0382. The molecule has 1 atom stereocenters. The van der Waals surface area contributed by atoms with Crippen molar-refractivity contribution in [3.8, 4) is 0 Å². The summed E-state index contributed by atoms with van der Waals surface area (Å²) in [5, 5.41) is 0. The molecular weight excluding hydrogens is 164 g/mol. The fourth-order valence-electron chi connectivity index (χ4n) is 2.93.